The average Bonchev–Trinajstić information content (AvgIpc) is 2.00. The van der Waals surface area contributed by atoms with Gasteiger partial charge in [0.25, 0.3) is 0 Å². The van der Waals surface area contributed by atoms with E-state index in [0.29, 0.717) is 5.56 Å². The Balaban J connectivity index is 3.30. The van der Waals surface area contributed by atoms with Crippen LogP contribution in [0.15, 0.2) is 18.2 Å². The van der Waals surface area contributed by atoms with Crippen molar-refractivity contribution in [3.05, 3.63) is 34.9 Å². The van der Waals surface area contributed by atoms with Crippen LogP contribution in [0.25, 0.3) is 0 Å². The highest BCUT2D eigenvalue weighted by Gasteiger charge is 1.89. The van der Waals surface area contributed by atoms with Crippen LogP contribution in [-0.2, 0) is 0 Å². The van der Waals surface area contributed by atoms with Gasteiger partial charge in [0.2, 0.25) is 0 Å². The predicted molar refractivity (Wildman–Crippen MR) is 40.7 cm³/mol. The van der Waals surface area contributed by atoms with Crippen molar-refractivity contribution in [2.24, 2.45) is 0 Å². The molecule has 9 heavy (non-hydrogen) atoms. The second-order valence-electron chi connectivity index (χ2n) is 2.03. The smallest absolute Gasteiger partial charge is 0.0280 e. The van der Waals surface area contributed by atoms with Gasteiger partial charge in [-0.15, -0.1) is 0 Å². The van der Waals surface area contributed by atoms with Crippen LogP contribution in [-0.4, -0.2) is 0 Å². The van der Waals surface area contributed by atoms with Gasteiger partial charge < -0.3 is 0 Å². The first kappa shape index (κ1) is 2.12. The monoisotopic (exact) mass is 126 g/mol. The van der Waals surface area contributed by atoms with Crippen LogP contribution in [0.1, 0.15) is 24.9 Å². The van der Waals surface area contributed by atoms with Gasteiger partial charge in [-0.3, -0.25) is 0 Å². The van der Waals surface area contributed by atoms with Crippen LogP contribution < -0.4 is 0 Å². The first-order chi connectivity index (χ1) is 6.62. The van der Waals surface area contributed by atoms with Gasteiger partial charge in [0.1, 0.15) is 0 Å². The molecule has 0 heterocycles. The molecule has 1 rings (SSSR count). The molecule has 0 unspecified atom stereocenters. The maximum absolute atomic E-state index is 7.26. The molecule has 0 N–H and O–H groups in total. The summed E-state index contributed by atoms with van der Waals surface area (Å²) in [7, 11) is 0. The Kier molecular flexibility index (Phi) is 0.522. The molecule has 0 aromatic heterocycles. The standard InChI is InChI=1S/C9H12/c1-7-4-5-8(2)9(3)6-7/h4-6H,1-3H3/i1D3,3D3. The molecule has 0 saturated carbocycles. The summed E-state index contributed by atoms with van der Waals surface area (Å²) in [5.74, 6) is 0. The molecule has 0 aliphatic heterocycles. The molecule has 0 nitrogen and oxygen atoms in total. The summed E-state index contributed by atoms with van der Waals surface area (Å²) in [6, 6.07) is 4.22. The van der Waals surface area contributed by atoms with Crippen LogP contribution in [0.4, 0.5) is 0 Å². The fraction of sp³-hybridized carbons (Fsp3) is 0.333. The van der Waals surface area contributed by atoms with E-state index in [0.717, 1.165) is 0 Å². The maximum Gasteiger partial charge on any atom is 0.0280 e. The first-order valence-corrected chi connectivity index (χ1v) is 2.74. The van der Waals surface area contributed by atoms with Crippen LogP contribution in [0.3, 0.4) is 0 Å². The van der Waals surface area contributed by atoms with Gasteiger partial charge in [0, 0.05) is 8.22 Å². The lowest BCUT2D eigenvalue weighted by atomic mass is 10.1. The number of aryl methyl sites for hydroxylation is 3. The van der Waals surface area contributed by atoms with Crippen molar-refractivity contribution in [3.63, 3.8) is 0 Å². The number of rotatable bonds is 0. The van der Waals surface area contributed by atoms with E-state index < -0.39 is 13.7 Å². The van der Waals surface area contributed by atoms with Gasteiger partial charge in [-0.05, 0) is 31.8 Å². The topological polar surface area (TPSA) is 0 Å². The average molecular weight is 126 g/mol. The molecule has 48 valence electrons. The lowest BCUT2D eigenvalue weighted by Gasteiger charge is -1.98. The number of hydrogen-bond donors (Lipinski definition) is 0. The highest BCUT2D eigenvalue weighted by atomic mass is 13.9. The van der Waals surface area contributed by atoms with Gasteiger partial charge in [-0.1, -0.05) is 23.8 Å². The summed E-state index contributed by atoms with van der Waals surface area (Å²) in [4.78, 5) is 0. The molecular weight excluding hydrogens is 108 g/mol. The Hall–Kier alpha value is -0.780. The Morgan fingerprint density at radius 3 is 2.78 bits per heavy atom. The van der Waals surface area contributed by atoms with E-state index >= 15 is 0 Å². The van der Waals surface area contributed by atoms with E-state index in [9.17, 15) is 0 Å². The minimum atomic E-state index is -2.26. The molecule has 0 heteroatoms. The molecule has 0 radical (unpaired) electrons. The zero-order valence-electron chi connectivity index (χ0n) is 11.2. The van der Waals surface area contributed by atoms with Crippen LogP contribution in [0, 0.1) is 20.6 Å². The van der Waals surface area contributed by atoms with Crippen molar-refractivity contribution >= 4 is 0 Å². The number of benzene rings is 1. The van der Waals surface area contributed by atoms with Gasteiger partial charge in [-0.25, -0.2) is 0 Å². The third kappa shape index (κ3) is 1.32. The molecule has 0 saturated heterocycles. The summed E-state index contributed by atoms with van der Waals surface area (Å²) in [5.41, 5.74) is 0.762. The summed E-state index contributed by atoms with van der Waals surface area (Å²) in [6.45, 7) is -2.86. The van der Waals surface area contributed by atoms with Crippen LogP contribution >= 0.6 is 0 Å². The second kappa shape index (κ2) is 2.22. The molecule has 0 aliphatic carbocycles. The van der Waals surface area contributed by atoms with Crippen LogP contribution in [0.5, 0.6) is 0 Å². The van der Waals surface area contributed by atoms with Crippen molar-refractivity contribution in [3.8, 4) is 0 Å². The SMILES string of the molecule is [2H]C([2H])([2H])c1ccc(C)c(C([2H])([2H])[2H])c1. The highest BCUT2D eigenvalue weighted by Crippen LogP contribution is 2.07. The van der Waals surface area contributed by atoms with E-state index in [1.807, 2.05) is 0 Å². The normalized spacial score (nSPS) is 22.3. The molecule has 1 aromatic carbocycles. The summed E-state index contributed by atoms with van der Waals surface area (Å²) in [6.07, 6.45) is 0. The first-order valence-electron chi connectivity index (χ1n) is 5.74. The fourth-order valence-corrected chi connectivity index (χ4v) is 0.622. The van der Waals surface area contributed by atoms with Gasteiger partial charge in [0.15, 0.2) is 0 Å². The molecule has 1 aromatic rings. The molecule has 0 aliphatic rings. The van der Waals surface area contributed by atoms with E-state index in [2.05, 4.69) is 0 Å². The lowest BCUT2D eigenvalue weighted by molar-refractivity contribution is 1.30. The molecule has 0 bridgehead atoms. The van der Waals surface area contributed by atoms with Gasteiger partial charge in [0.05, 0.1) is 0 Å². The zero-order chi connectivity index (χ0) is 11.9. The Labute approximate surface area is 65.0 Å². The number of hydrogen-bond acceptors (Lipinski definition) is 0. The molecule has 0 amide bonds. The highest BCUT2D eigenvalue weighted by molar-refractivity contribution is 5.28. The van der Waals surface area contributed by atoms with Crippen LogP contribution in [0.2, 0.25) is 0 Å². The summed E-state index contributed by atoms with van der Waals surface area (Å²) >= 11 is 0. The minimum absolute atomic E-state index is 0.0687. The largest absolute Gasteiger partial charge is 0.0590 e. The van der Waals surface area contributed by atoms with Crippen molar-refractivity contribution in [2.45, 2.75) is 20.6 Å². The van der Waals surface area contributed by atoms with Crippen molar-refractivity contribution in [1.29, 1.82) is 0 Å². The molecule has 0 fully saturated rings. The van der Waals surface area contributed by atoms with Crippen molar-refractivity contribution < 1.29 is 8.22 Å². The third-order valence-electron chi connectivity index (χ3n) is 1.24. The molecular formula is C9H12. The van der Waals surface area contributed by atoms with E-state index in [1.165, 1.54) is 18.2 Å². The van der Waals surface area contributed by atoms with Crippen molar-refractivity contribution in [2.75, 3.05) is 0 Å². The second-order valence-corrected chi connectivity index (χ2v) is 2.03. The lowest BCUT2D eigenvalue weighted by Crippen LogP contribution is -1.79. The zero-order valence-corrected chi connectivity index (χ0v) is 5.23. The van der Waals surface area contributed by atoms with E-state index in [-0.39, 0.29) is 11.1 Å². The predicted octanol–water partition coefficient (Wildman–Crippen LogP) is 2.61. The fourth-order valence-electron chi connectivity index (χ4n) is 0.622. The molecule has 0 spiro atoms. The summed E-state index contributed by atoms with van der Waals surface area (Å²) < 4.78 is 43.4. The minimum Gasteiger partial charge on any atom is -0.0590 e. The Bertz CT molecular complexity index is 360. The third-order valence-corrected chi connectivity index (χ3v) is 1.24. The Morgan fingerprint density at radius 1 is 1.22 bits per heavy atom. The van der Waals surface area contributed by atoms with Crippen molar-refractivity contribution in [1.82, 2.24) is 0 Å². The van der Waals surface area contributed by atoms with Gasteiger partial charge in [-0.2, -0.15) is 0 Å². The van der Waals surface area contributed by atoms with Gasteiger partial charge >= 0.3 is 0 Å². The maximum atomic E-state index is 7.26. The van der Waals surface area contributed by atoms with E-state index in [1.54, 1.807) is 6.92 Å². The summed E-state index contributed by atoms with van der Waals surface area (Å²) in [5, 5.41) is 0. The quantitative estimate of drug-likeness (QED) is 0.501. The Morgan fingerprint density at radius 2 is 2.11 bits per heavy atom. The molecule has 0 atom stereocenters. The van der Waals surface area contributed by atoms with E-state index in [4.69, 9.17) is 8.22 Å².